The third kappa shape index (κ3) is 2.60. The minimum absolute atomic E-state index is 0.0536. The first kappa shape index (κ1) is 13.2. The van der Waals surface area contributed by atoms with Gasteiger partial charge in [-0.2, -0.15) is 0 Å². The van der Waals surface area contributed by atoms with Gasteiger partial charge < -0.3 is 19.4 Å². The lowest BCUT2D eigenvalue weighted by atomic mass is 10.1. The molecule has 3 rings (SSSR count). The lowest BCUT2D eigenvalue weighted by molar-refractivity contribution is -0.120. The topological polar surface area (TPSA) is 71.8 Å². The first-order valence-electron chi connectivity index (χ1n) is 6.49. The molecule has 2 heterocycles. The first-order chi connectivity index (χ1) is 10.1. The highest BCUT2D eigenvalue weighted by Crippen LogP contribution is 2.31. The van der Waals surface area contributed by atoms with Crippen LogP contribution in [0.25, 0.3) is 0 Å². The number of fused-ring (bicyclic) bond motifs is 1. The summed E-state index contributed by atoms with van der Waals surface area (Å²) in [5.41, 5.74) is 1.58. The SMILES string of the molecule is CN1C(=O)COc2ccc(CNC(=O)c3ccco3)cc21. The van der Waals surface area contributed by atoms with Crippen molar-refractivity contribution in [2.24, 2.45) is 0 Å². The average Bonchev–Trinajstić information content (AvgIpc) is 3.03. The maximum atomic E-state index is 11.8. The molecule has 1 aromatic carbocycles. The van der Waals surface area contributed by atoms with E-state index >= 15 is 0 Å². The fourth-order valence-electron chi connectivity index (χ4n) is 2.10. The van der Waals surface area contributed by atoms with Gasteiger partial charge in [0.05, 0.1) is 12.0 Å². The van der Waals surface area contributed by atoms with Crippen molar-refractivity contribution in [2.45, 2.75) is 6.54 Å². The summed E-state index contributed by atoms with van der Waals surface area (Å²) in [4.78, 5) is 25.0. The first-order valence-corrected chi connectivity index (χ1v) is 6.49. The van der Waals surface area contributed by atoms with Crippen LogP contribution < -0.4 is 15.0 Å². The monoisotopic (exact) mass is 286 g/mol. The van der Waals surface area contributed by atoms with Gasteiger partial charge in [-0.25, -0.2) is 0 Å². The summed E-state index contributed by atoms with van der Waals surface area (Å²) in [6.07, 6.45) is 1.45. The van der Waals surface area contributed by atoms with Crippen molar-refractivity contribution in [2.75, 3.05) is 18.6 Å². The summed E-state index contributed by atoms with van der Waals surface area (Å²) in [5, 5.41) is 2.76. The van der Waals surface area contributed by atoms with E-state index in [0.29, 0.717) is 18.0 Å². The molecule has 1 aliphatic heterocycles. The van der Waals surface area contributed by atoms with E-state index in [1.165, 1.54) is 6.26 Å². The molecule has 0 unspecified atom stereocenters. The molecule has 0 saturated carbocycles. The molecule has 0 radical (unpaired) electrons. The van der Waals surface area contributed by atoms with Gasteiger partial charge in [0.1, 0.15) is 5.75 Å². The van der Waals surface area contributed by atoms with Gasteiger partial charge in [-0.15, -0.1) is 0 Å². The van der Waals surface area contributed by atoms with Crippen LogP contribution in [0.5, 0.6) is 5.75 Å². The number of carbonyl (C=O) groups excluding carboxylic acids is 2. The van der Waals surface area contributed by atoms with Crippen LogP contribution in [0.2, 0.25) is 0 Å². The summed E-state index contributed by atoms with van der Waals surface area (Å²) < 4.78 is 10.4. The lowest BCUT2D eigenvalue weighted by Crippen LogP contribution is -2.35. The van der Waals surface area contributed by atoms with E-state index in [1.54, 1.807) is 30.1 Å². The number of ether oxygens (including phenoxy) is 1. The highest BCUT2D eigenvalue weighted by Gasteiger charge is 2.22. The molecule has 1 aromatic heterocycles. The Kier molecular flexibility index (Phi) is 3.35. The minimum atomic E-state index is -0.279. The molecule has 0 fully saturated rings. The zero-order valence-corrected chi connectivity index (χ0v) is 11.5. The maximum Gasteiger partial charge on any atom is 0.287 e. The molecule has 0 atom stereocenters. The predicted molar refractivity (Wildman–Crippen MR) is 75.2 cm³/mol. The molecule has 21 heavy (non-hydrogen) atoms. The molecule has 2 amide bonds. The Morgan fingerprint density at radius 2 is 2.24 bits per heavy atom. The second-order valence-electron chi connectivity index (χ2n) is 4.70. The van der Waals surface area contributed by atoms with Gasteiger partial charge in [0.25, 0.3) is 11.8 Å². The van der Waals surface area contributed by atoms with Crippen molar-refractivity contribution in [3.63, 3.8) is 0 Å². The van der Waals surface area contributed by atoms with Crippen LogP contribution >= 0.6 is 0 Å². The molecular weight excluding hydrogens is 272 g/mol. The molecule has 6 heteroatoms. The molecule has 108 valence electrons. The molecule has 0 bridgehead atoms. The quantitative estimate of drug-likeness (QED) is 0.929. The number of anilines is 1. The van der Waals surface area contributed by atoms with E-state index in [-0.39, 0.29) is 24.2 Å². The number of carbonyl (C=O) groups is 2. The van der Waals surface area contributed by atoms with Crippen molar-refractivity contribution in [1.82, 2.24) is 5.32 Å². The molecule has 1 aliphatic rings. The van der Waals surface area contributed by atoms with Gasteiger partial charge in [0.15, 0.2) is 12.4 Å². The number of nitrogens with one attached hydrogen (secondary N) is 1. The molecule has 0 saturated heterocycles. The zero-order valence-electron chi connectivity index (χ0n) is 11.5. The number of nitrogens with zero attached hydrogens (tertiary/aromatic N) is 1. The van der Waals surface area contributed by atoms with Crippen LogP contribution in [0.1, 0.15) is 16.1 Å². The summed E-state index contributed by atoms with van der Waals surface area (Å²) in [6.45, 7) is 0.396. The summed E-state index contributed by atoms with van der Waals surface area (Å²) in [6, 6.07) is 8.74. The number of benzene rings is 1. The zero-order chi connectivity index (χ0) is 14.8. The average molecular weight is 286 g/mol. The second kappa shape index (κ2) is 5.32. The molecule has 0 aliphatic carbocycles. The third-order valence-corrected chi connectivity index (χ3v) is 3.31. The molecule has 1 N–H and O–H groups in total. The fourth-order valence-corrected chi connectivity index (χ4v) is 2.10. The van der Waals surface area contributed by atoms with E-state index in [2.05, 4.69) is 5.32 Å². The summed E-state index contributed by atoms with van der Waals surface area (Å²) in [7, 11) is 1.70. The summed E-state index contributed by atoms with van der Waals surface area (Å²) in [5.74, 6) is 0.555. The number of hydrogen-bond donors (Lipinski definition) is 1. The Bertz CT molecular complexity index is 679. The Hall–Kier alpha value is -2.76. The Balaban J connectivity index is 1.72. The fraction of sp³-hybridized carbons (Fsp3) is 0.200. The highest BCUT2D eigenvalue weighted by atomic mass is 16.5. The van der Waals surface area contributed by atoms with Gasteiger partial charge in [0, 0.05) is 13.6 Å². The number of likely N-dealkylation sites (N-methyl/N-ethyl adjacent to an activating group) is 1. The molecule has 2 aromatic rings. The maximum absolute atomic E-state index is 11.8. The van der Waals surface area contributed by atoms with Crippen molar-refractivity contribution in [3.05, 3.63) is 47.9 Å². The Labute approximate surface area is 121 Å². The van der Waals surface area contributed by atoms with Gasteiger partial charge >= 0.3 is 0 Å². The summed E-state index contributed by atoms with van der Waals surface area (Å²) >= 11 is 0. The van der Waals surface area contributed by atoms with E-state index < -0.39 is 0 Å². The van der Waals surface area contributed by atoms with Crippen LogP contribution in [0.4, 0.5) is 5.69 Å². The van der Waals surface area contributed by atoms with Crippen LogP contribution in [-0.4, -0.2) is 25.5 Å². The van der Waals surface area contributed by atoms with Crippen molar-refractivity contribution >= 4 is 17.5 Å². The van der Waals surface area contributed by atoms with Crippen LogP contribution in [-0.2, 0) is 11.3 Å². The smallest absolute Gasteiger partial charge is 0.287 e. The third-order valence-electron chi connectivity index (χ3n) is 3.31. The van der Waals surface area contributed by atoms with Crippen molar-refractivity contribution in [3.8, 4) is 5.75 Å². The van der Waals surface area contributed by atoms with Gasteiger partial charge in [-0.1, -0.05) is 6.07 Å². The number of amides is 2. The lowest BCUT2D eigenvalue weighted by Gasteiger charge is -2.26. The largest absolute Gasteiger partial charge is 0.482 e. The van der Waals surface area contributed by atoms with Gasteiger partial charge in [-0.3, -0.25) is 9.59 Å². The number of hydrogen-bond acceptors (Lipinski definition) is 4. The highest BCUT2D eigenvalue weighted by molar-refractivity contribution is 5.97. The van der Waals surface area contributed by atoms with E-state index in [0.717, 1.165) is 5.56 Å². The Morgan fingerprint density at radius 1 is 1.38 bits per heavy atom. The van der Waals surface area contributed by atoms with E-state index in [9.17, 15) is 9.59 Å². The number of furan rings is 1. The van der Waals surface area contributed by atoms with Crippen LogP contribution in [0.3, 0.4) is 0 Å². The normalized spacial score (nSPS) is 13.6. The van der Waals surface area contributed by atoms with Crippen LogP contribution in [0.15, 0.2) is 41.0 Å². The van der Waals surface area contributed by atoms with Gasteiger partial charge in [-0.05, 0) is 29.8 Å². The number of rotatable bonds is 3. The van der Waals surface area contributed by atoms with Gasteiger partial charge in [0.2, 0.25) is 0 Å². The standard InChI is InChI=1S/C15H14N2O4/c1-17-11-7-10(4-5-12(11)21-9-14(17)18)8-16-15(19)13-3-2-6-20-13/h2-7H,8-9H2,1H3,(H,16,19). The van der Waals surface area contributed by atoms with Crippen LogP contribution in [0, 0.1) is 0 Å². The minimum Gasteiger partial charge on any atom is -0.482 e. The van der Waals surface area contributed by atoms with Crippen molar-refractivity contribution < 1.29 is 18.7 Å². The van der Waals surface area contributed by atoms with E-state index in [4.69, 9.17) is 9.15 Å². The van der Waals surface area contributed by atoms with Crippen molar-refractivity contribution in [1.29, 1.82) is 0 Å². The molecular formula is C15H14N2O4. The predicted octanol–water partition coefficient (Wildman–Crippen LogP) is 1.56. The molecule has 6 nitrogen and oxygen atoms in total. The Morgan fingerprint density at radius 3 is 3.00 bits per heavy atom. The van der Waals surface area contributed by atoms with E-state index in [1.807, 2.05) is 12.1 Å². The second-order valence-corrected chi connectivity index (χ2v) is 4.70. The molecule has 0 spiro atoms.